The van der Waals surface area contributed by atoms with Gasteiger partial charge in [-0.25, -0.2) is 4.68 Å². The van der Waals surface area contributed by atoms with E-state index < -0.39 is 0 Å². The van der Waals surface area contributed by atoms with Crippen molar-refractivity contribution in [2.45, 2.75) is 25.4 Å². The Hall–Kier alpha value is -3.92. The summed E-state index contributed by atoms with van der Waals surface area (Å²) in [6.45, 7) is 0. The zero-order chi connectivity index (χ0) is 20.5. The number of benzene rings is 1. The summed E-state index contributed by atoms with van der Waals surface area (Å²) in [4.78, 5) is 4.52. The highest BCUT2D eigenvalue weighted by Crippen LogP contribution is 2.33. The number of aromatic nitrogens is 5. The number of rotatable bonds is 4. The number of ether oxygens (including phenoxy) is 1. The van der Waals surface area contributed by atoms with E-state index in [4.69, 9.17) is 10.00 Å². The lowest BCUT2D eigenvalue weighted by Crippen LogP contribution is -2.17. The zero-order valence-electron chi connectivity index (χ0n) is 16.6. The molecule has 0 radical (unpaired) electrons. The summed E-state index contributed by atoms with van der Waals surface area (Å²) in [7, 11) is 1.89. The van der Waals surface area contributed by atoms with E-state index in [-0.39, 0.29) is 6.10 Å². The lowest BCUT2D eigenvalue weighted by atomic mass is 9.93. The van der Waals surface area contributed by atoms with Crippen LogP contribution in [0.5, 0.6) is 5.75 Å². The van der Waals surface area contributed by atoms with Crippen LogP contribution in [0.15, 0.2) is 48.9 Å². The smallest absolute Gasteiger partial charge is 0.141 e. The van der Waals surface area contributed by atoms with Crippen molar-refractivity contribution in [2.75, 3.05) is 0 Å². The van der Waals surface area contributed by atoms with Gasteiger partial charge in [0.1, 0.15) is 17.9 Å². The van der Waals surface area contributed by atoms with Gasteiger partial charge in [-0.05, 0) is 55.2 Å². The highest BCUT2D eigenvalue weighted by Gasteiger charge is 2.24. The van der Waals surface area contributed by atoms with E-state index in [0.717, 1.165) is 52.9 Å². The molecule has 1 aliphatic carbocycles. The molecule has 0 N–H and O–H groups in total. The van der Waals surface area contributed by atoms with Crippen LogP contribution in [0.25, 0.3) is 23.2 Å². The van der Waals surface area contributed by atoms with Crippen LogP contribution in [0.4, 0.5) is 0 Å². The van der Waals surface area contributed by atoms with Crippen LogP contribution in [0.2, 0.25) is 0 Å². The van der Waals surface area contributed by atoms with E-state index >= 15 is 0 Å². The average Bonchev–Trinajstić information content (AvgIpc) is 3.37. The van der Waals surface area contributed by atoms with Gasteiger partial charge < -0.3 is 4.74 Å². The van der Waals surface area contributed by atoms with Crippen LogP contribution in [0, 0.1) is 11.3 Å². The molecule has 3 heterocycles. The Morgan fingerprint density at radius 3 is 3.00 bits per heavy atom. The van der Waals surface area contributed by atoms with Crippen molar-refractivity contribution in [2.24, 2.45) is 7.05 Å². The predicted octanol–water partition coefficient (Wildman–Crippen LogP) is 4.12. The van der Waals surface area contributed by atoms with Gasteiger partial charge in [-0.2, -0.15) is 15.5 Å². The van der Waals surface area contributed by atoms with Crippen molar-refractivity contribution in [3.8, 4) is 11.8 Å². The maximum absolute atomic E-state index is 9.12. The first-order valence-corrected chi connectivity index (χ1v) is 9.90. The number of fused-ring (bicyclic) bond motifs is 2. The molecule has 7 nitrogen and oxygen atoms in total. The highest BCUT2D eigenvalue weighted by molar-refractivity contribution is 5.82. The molecule has 1 aromatic carbocycles. The molecule has 0 fully saturated rings. The fourth-order valence-corrected chi connectivity index (χ4v) is 3.84. The third kappa shape index (κ3) is 3.44. The third-order valence-electron chi connectivity index (χ3n) is 5.32. The Labute approximate surface area is 173 Å². The second-order valence-electron chi connectivity index (χ2n) is 7.42. The maximum Gasteiger partial charge on any atom is 0.141 e. The standard InChI is InChI=1S/C23H20N6O/c1-28-9-7-19(27-28)8-10-29-21-12-20(6-5-18(21)15-26-29)30-22-4-2-3-17-11-16(13-24)14-25-23(17)22/h5-12,14-15,22H,2-4H2,1H3. The van der Waals surface area contributed by atoms with Crippen LogP contribution in [0.1, 0.15) is 41.5 Å². The van der Waals surface area contributed by atoms with Crippen molar-refractivity contribution < 1.29 is 4.74 Å². The summed E-state index contributed by atoms with van der Waals surface area (Å²) in [5, 5.41) is 19.0. The minimum absolute atomic E-state index is 0.112. The van der Waals surface area contributed by atoms with Crippen molar-refractivity contribution >= 4 is 23.2 Å². The van der Waals surface area contributed by atoms with Gasteiger partial charge in [0.25, 0.3) is 0 Å². The topological polar surface area (TPSA) is 81.5 Å². The normalized spacial score (nSPS) is 15.9. The molecule has 7 heteroatoms. The highest BCUT2D eigenvalue weighted by atomic mass is 16.5. The van der Waals surface area contributed by atoms with E-state index in [1.54, 1.807) is 10.9 Å². The predicted molar refractivity (Wildman–Crippen MR) is 113 cm³/mol. The van der Waals surface area contributed by atoms with Gasteiger partial charge in [0.2, 0.25) is 0 Å². The Morgan fingerprint density at radius 2 is 2.17 bits per heavy atom. The molecular formula is C23H20N6O. The molecule has 148 valence electrons. The number of nitrogens with zero attached hydrogens (tertiary/aromatic N) is 6. The molecular weight excluding hydrogens is 376 g/mol. The first-order valence-electron chi connectivity index (χ1n) is 9.90. The quantitative estimate of drug-likeness (QED) is 0.518. The number of pyridine rings is 1. The van der Waals surface area contributed by atoms with E-state index in [1.165, 1.54) is 0 Å². The molecule has 1 aliphatic rings. The molecule has 0 aliphatic heterocycles. The number of hydrogen-bond donors (Lipinski definition) is 0. The lowest BCUT2D eigenvalue weighted by Gasteiger charge is -2.25. The van der Waals surface area contributed by atoms with Crippen molar-refractivity contribution in [1.29, 1.82) is 5.26 Å². The maximum atomic E-state index is 9.12. The molecule has 30 heavy (non-hydrogen) atoms. The van der Waals surface area contributed by atoms with Crippen LogP contribution >= 0.6 is 0 Å². The summed E-state index contributed by atoms with van der Waals surface area (Å²) < 4.78 is 9.92. The Balaban J connectivity index is 1.42. The van der Waals surface area contributed by atoms with E-state index in [9.17, 15) is 0 Å². The fourth-order valence-electron chi connectivity index (χ4n) is 3.84. The summed E-state index contributed by atoms with van der Waals surface area (Å²) in [6, 6.07) is 12.0. The van der Waals surface area contributed by atoms with Crippen LogP contribution in [0.3, 0.4) is 0 Å². The second kappa shape index (κ2) is 7.48. The van der Waals surface area contributed by atoms with Crippen LogP contribution < -0.4 is 4.74 Å². The van der Waals surface area contributed by atoms with E-state index in [0.29, 0.717) is 5.56 Å². The van der Waals surface area contributed by atoms with E-state index in [2.05, 4.69) is 21.3 Å². The van der Waals surface area contributed by atoms with Crippen LogP contribution in [-0.2, 0) is 13.5 Å². The molecule has 3 aromatic heterocycles. The fraction of sp³-hybridized carbons (Fsp3) is 0.217. The lowest BCUT2D eigenvalue weighted by molar-refractivity contribution is 0.178. The summed E-state index contributed by atoms with van der Waals surface area (Å²) in [6.07, 6.45) is 11.9. The Morgan fingerprint density at radius 1 is 1.23 bits per heavy atom. The number of nitriles is 1. The van der Waals surface area contributed by atoms with Crippen molar-refractivity contribution in [3.63, 3.8) is 0 Å². The van der Waals surface area contributed by atoms with Gasteiger partial charge in [0.05, 0.1) is 28.7 Å². The molecule has 0 amide bonds. The number of aryl methyl sites for hydroxylation is 2. The third-order valence-corrected chi connectivity index (χ3v) is 5.32. The monoisotopic (exact) mass is 396 g/mol. The van der Waals surface area contributed by atoms with Crippen molar-refractivity contribution in [1.82, 2.24) is 24.5 Å². The average molecular weight is 396 g/mol. The minimum atomic E-state index is -0.112. The van der Waals surface area contributed by atoms with Gasteiger partial charge in [-0.3, -0.25) is 9.67 Å². The van der Waals surface area contributed by atoms with Crippen LogP contribution in [-0.4, -0.2) is 24.5 Å². The minimum Gasteiger partial charge on any atom is -0.484 e. The SMILES string of the molecule is Cn1ccc(C=Cn2ncc3ccc(OC4CCCc5cc(C#N)cnc54)cc32)n1. The molecule has 0 saturated heterocycles. The largest absolute Gasteiger partial charge is 0.484 e. The van der Waals surface area contributed by atoms with Gasteiger partial charge in [-0.1, -0.05) is 0 Å². The first-order chi connectivity index (χ1) is 14.7. The molecule has 1 unspecified atom stereocenters. The van der Waals surface area contributed by atoms with Gasteiger partial charge in [-0.15, -0.1) is 0 Å². The second-order valence-corrected chi connectivity index (χ2v) is 7.42. The Kier molecular flexibility index (Phi) is 4.52. The molecule has 0 saturated carbocycles. The van der Waals surface area contributed by atoms with Gasteiger partial charge in [0.15, 0.2) is 0 Å². The van der Waals surface area contributed by atoms with Crippen molar-refractivity contribution in [3.05, 3.63) is 71.4 Å². The molecule has 1 atom stereocenters. The summed E-state index contributed by atoms with van der Waals surface area (Å²) >= 11 is 0. The zero-order valence-corrected chi connectivity index (χ0v) is 16.6. The molecule has 0 bridgehead atoms. The van der Waals surface area contributed by atoms with E-state index in [1.807, 2.05) is 66.7 Å². The summed E-state index contributed by atoms with van der Waals surface area (Å²) in [5.74, 6) is 0.777. The van der Waals surface area contributed by atoms with Gasteiger partial charge >= 0.3 is 0 Å². The molecule has 5 rings (SSSR count). The van der Waals surface area contributed by atoms with Gasteiger partial charge in [0, 0.05) is 37.1 Å². The molecule has 0 spiro atoms. The number of hydrogen-bond acceptors (Lipinski definition) is 5. The molecule has 4 aromatic rings. The summed E-state index contributed by atoms with van der Waals surface area (Å²) in [5.41, 5.74) is 4.47. The first kappa shape index (κ1) is 18.1. The Bertz CT molecular complexity index is 1290.